The van der Waals surface area contributed by atoms with Gasteiger partial charge in [0.2, 0.25) is 5.76 Å². The zero-order valence-electron chi connectivity index (χ0n) is 15.6. The zero-order chi connectivity index (χ0) is 21.3. The van der Waals surface area contributed by atoms with Gasteiger partial charge in [0.25, 0.3) is 11.1 Å². The van der Waals surface area contributed by atoms with Gasteiger partial charge >= 0.3 is 5.97 Å². The SMILES string of the molecule is COC(=O)c1ccc(CN2C(=O)S/C(=C/c3ccc(-c4cccc(F)c4)o3)C2=O)o1. The van der Waals surface area contributed by atoms with Crippen molar-refractivity contribution >= 4 is 35.0 Å². The Hall–Kier alpha value is -3.59. The molecule has 2 amide bonds. The summed E-state index contributed by atoms with van der Waals surface area (Å²) in [4.78, 5) is 37.6. The molecular formula is C21H14FNO6S. The van der Waals surface area contributed by atoms with E-state index >= 15 is 0 Å². The Morgan fingerprint density at radius 2 is 2.00 bits per heavy atom. The van der Waals surface area contributed by atoms with Crippen LogP contribution in [0.1, 0.15) is 22.1 Å². The Bertz CT molecular complexity index is 1180. The molecule has 4 rings (SSSR count). The number of methoxy groups -OCH3 is 1. The van der Waals surface area contributed by atoms with Crippen molar-refractivity contribution in [3.63, 3.8) is 0 Å². The van der Waals surface area contributed by atoms with Crippen LogP contribution in [0.15, 0.2) is 62.3 Å². The normalized spacial score (nSPS) is 15.3. The first-order valence-electron chi connectivity index (χ1n) is 8.73. The Morgan fingerprint density at radius 1 is 1.17 bits per heavy atom. The highest BCUT2D eigenvalue weighted by atomic mass is 32.2. The number of hydrogen-bond donors (Lipinski definition) is 0. The summed E-state index contributed by atoms with van der Waals surface area (Å²) in [6.45, 7) is -0.119. The molecule has 152 valence electrons. The van der Waals surface area contributed by atoms with Crippen LogP contribution in [0, 0.1) is 5.82 Å². The number of carbonyl (C=O) groups is 3. The summed E-state index contributed by atoms with van der Waals surface area (Å²) in [6, 6.07) is 12.1. The summed E-state index contributed by atoms with van der Waals surface area (Å²) in [7, 11) is 1.22. The van der Waals surface area contributed by atoms with Crippen molar-refractivity contribution in [2.45, 2.75) is 6.54 Å². The Labute approximate surface area is 174 Å². The smallest absolute Gasteiger partial charge is 0.373 e. The third kappa shape index (κ3) is 3.92. The third-order valence-electron chi connectivity index (χ3n) is 4.25. The quantitative estimate of drug-likeness (QED) is 0.431. The molecule has 0 unspecified atom stereocenters. The first-order valence-corrected chi connectivity index (χ1v) is 9.54. The van der Waals surface area contributed by atoms with Crippen molar-refractivity contribution < 1.29 is 32.3 Å². The highest BCUT2D eigenvalue weighted by molar-refractivity contribution is 8.18. The standard InChI is InChI=1S/C21H14FNO6S/c1-27-20(25)17-8-6-15(29-17)11-23-19(24)18(30-21(23)26)10-14-5-7-16(28-14)12-3-2-4-13(22)9-12/h2-10H,11H2,1H3/b18-10+. The Morgan fingerprint density at radius 3 is 2.77 bits per heavy atom. The molecule has 1 fully saturated rings. The van der Waals surface area contributed by atoms with Crippen LogP contribution in [-0.4, -0.2) is 29.1 Å². The third-order valence-corrected chi connectivity index (χ3v) is 5.15. The molecule has 0 N–H and O–H groups in total. The van der Waals surface area contributed by atoms with Crippen LogP contribution in [0.25, 0.3) is 17.4 Å². The van der Waals surface area contributed by atoms with E-state index in [1.54, 1.807) is 24.3 Å². The average Bonchev–Trinajstić information content (AvgIpc) is 3.45. The van der Waals surface area contributed by atoms with E-state index in [4.69, 9.17) is 8.83 Å². The van der Waals surface area contributed by atoms with Crippen molar-refractivity contribution in [3.8, 4) is 11.3 Å². The molecule has 0 radical (unpaired) electrons. The van der Waals surface area contributed by atoms with Crippen LogP contribution >= 0.6 is 11.8 Å². The summed E-state index contributed by atoms with van der Waals surface area (Å²) in [5.74, 6) is -0.510. The van der Waals surface area contributed by atoms with Crippen molar-refractivity contribution in [1.29, 1.82) is 0 Å². The number of hydrogen-bond acceptors (Lipinski definition) is 7. The molecule has 9 heteroatoms. The van der Waals surface area contributed by atoms with E-state index in [1.165, 1.54) is 37.5 Å². The van der Waals surface area contributed by atoms with Crippen LogP contribution in [0.3, 0.4) is 0 Å². The fourth-order valence-electron chi connectivity index (χ4n) is 2.82. The minimum absolute atomic E-state index is 0.0181. The van der Waals surface area contributed by atoms with Crippen molar-refractivity contribution in [1.82, 2.24) is 4.90 Å². The van der Waals surface area contributed by atoms with Crippen LogP contribution in [0.5, 0.6) is 0 Å². The van der Waals surface area contributed by atoms with Gasteiger partial charge in [-0.2, -0.15) is 0 Å². The summed E-state index contributed by atoms with van der Waals surface area (Å²) in [6.07, 6.45) is 1.45. The number of imide groups is 1. The molecule has 0 atom stereocenters. The molecule has 1 aromatic carbocycles. The van der Waals surface area contributed by atoms with Crippen LogP contribution in [0.4, 0.5) is 9.18 Å². The minimum atomic E-state index is -0.651. The molecule has 1 aliphatic heterocycles. The first kappa shape index (κ1) is 19.7. The molecule has 30 heavy (non-hydrogen) atoms. The van der Waals surface area contributed by atoms with E-state index in [2.05, 4.69) is 4.74 Å². The van der Waals surface area contributed by atoms with Gasteiger partial charge in [-0.3, -0.25) is 14.5 Å². The van der Waals surface area contributed by atoms with Gasteiger partial charge < -0.3 is 13.6 Å². The lowest BCUT2D eigenvalue weighted by atomic mass is 10.2. The summed E-state index contributed by atoms with van der Waals surface area (Å²) >= 11 is 0.766. The fraction of sp³-hybridized carbons (Fsp3) is 0.0952. The molecule has 0 spiro atoms. The highest BCUT2D eigenvalue weighted by Crippen LogP contribution is 2.34. The molecule has 0 aliphatic carbocycles. The van der Waals surface area contributed by atoms with Gasteiger partial charge in [-0.25, -0.2) is 9.18 Å². The topological polar surface area (TPSA) is 90.0 Å². The van der Waals surface area contributed by atoms with E-state index in [0.29, 0.717) is 17.1 Å². The van der Waals surface area contributed by atoms with Crippen LogP contribution in [0.2, 0.25) is 0 Å². The number of rotatable bonds is 5. The number of esters is 1. The number of benzene rings is 1. The molecule has 1 saturated heterocycles. The number of nitrogens with zero attached hydrogens (tertiary/aromatic N) is 1. The predicted molar refractivity (Wildman–Crippen MR) is 106 cm³/mol. The number of thioether (sulfide) groups is 1. The van der Waals surface area contributed by atoms with E-state index in [-0.39, 0.29) is 28.8 Å². The maximum atomic E-state index is 13.4. The second kappa shape index (κ2) is 8.03. The molecule has 3 heterocycles. The van der Waals surface area contributed by atoms with Gasteiger partial charge in [-0.1, -0.05) is 12.1 Å². The van der Waals surface area contributed by atoms with Crippen molar-refractivity contribution in [2.24, 2.45) is 0 Å². The van der Waals surface area contributed by atoms with Gasteiger partial charge in [0.05, 0.1) is 18.6 Å². The van der Waals surface area contributed by atoms with Gasteiger partial charge in [0.15, 0.2) is 0 Å². The van der Waals surface area contributed by atoms with E-state index in [0.717, 1.165) is 16.7 Å². The Kier molecular flexibility index (Phi) is 5.28. The van der Waals surface area contributed by atoms with E-state index in [9.17, 15) is 18.8 Å². The summed E-state index contributed by atoms with van der Waals surface area (Å²) in [5.41, 5.74) is 0.557. The van der Waals surface area contributed by atoms with Crippen molar-refractivity contribution in [2.75, 3.05) is 7.11 Å². The number of amides is 2. The highest BCUT2D eigenvalue weighted by Gasteiger charge is 2.36. The zero-order valence-corrected chi connectivity index (χ0v) is 16.4. The number of halogens is 1. The monoisotopic (exact) mass is 427 g/mol. The lowest BCUT2D eigenvalue weighted by Gasteiger charge is -2.09. The summed E-state index contributed by atoms with van der Waals surface area (Å²) in [5, 5.41) is -0.473. The van der Waals surface area contributed by atoms with E-state index in [1.807, 2.05) is 0 Å². The van der Waals surface area contributed by atoms with Crippen LogP contribution in [-0.2, 0) is 16.1 Å². The summed E-state index contributed by atoms with van der Waals surface area (Å²) < 4.78 is 28.9. The number of furan rings is 2. The maximum Gasteiger partial charge on any atom is 0.373 e. The first-order chi connectivity index (χ1) is 14.4. The molecule has 2 aromatic heterocycles. The van der Waals surface area contributed by atoms with E-state index < -0.39 is 17.1 Å². The molecule has 0 bridgehead atoms. The van der Waals surface area contributed by atoms with Gasteiger partial charge in [-0.15, -0.1) is 0 Å². The molecule has 1 aliphatic rings. The van der Waals surface area contributed by atoms with Crippen LogP contribution < -0.4 is 0 Å². The molecule has 3 aromatic rings. The van der Waals surface area contributed by atoms with Gasteiger partial charge in [0.1, 0.15) is 23.1 Å². The average molecular weight is 427 g/mol. The molecule has 7 nitrogen and oxygen atoms in total. The fourth-order valence-corrected chi connectivity index (χ4v) is 3.64. The number of carbonyl (C=O) groups excluding carboxylic acids is 3. The second-order valence-electron chi connectivity index (χ2n) is 6.24. The lowest BCUT2D eigenvalue weighted by Crippen LogP contribution is -2.27. The largest absolute Gasteiger partial charge is 0.463 e. The van der Waals surface area contributed by atoms with Gasteiger partial charge in [-0.05, 0) is 48.2 Å². The molecule has 0 saturated carbocycles. The number of ether oxygens (including phenoxy) is 1. The second-order valence-corrected chi connectivity index (χ2v) is 7.23. The maximum absolute atomic E-state index is 13.4. The lowest BCUT2D eigenvalue weighted by molar-refractivity contribution is -0.123. The van der Waals surface area contributed by atoms with Gasteiger partial charge in [0, 0.05) is 11.6 Å². The predicted octanol–water partition coefficient (Wildman–Crippen LogP) is 4.70. The van der Waals surface area contributed by atoms with Crippen molar-refractivity contribution in [3.05, 3.63) is 76.5 Å². The Balaban J connectivity index is 1.50. The minimum Gasteiger partial charge on any atom is -0.463 e. The molecular weight excluding hydrogens is 413 g/mol.